The molecule has 2 amide bonds. The molecular formula is C18H21N7O2. The Hall–Kier alpha value is -2.97. The number of carbonyl (C=O) groups is 2. The largest absolute Gasteiger partial charge is 0.351 e. The number of nitrogens with one attached hydrogen (secondary N) is 2. The van der Waals surface area contributed by atoms with Crippen molar-refractivity contribution in [3.8, 4) is 0 Å². The van der Waals surface area contributed by atoms with Crippen LogP contribution in [-0.4, -0.2) is 50.5 Å². The van der Waals surface area contributed by atoms with E-state index in [1.165, 1.54) is 0 Å². The zero-order valence-corrected chi connectivity index (χ0v) is 15.1. The van der Waals surface area contributed by atoms with Gasteiger partial charge in [-0.05, 0) is 31.3 Å². The van der Waals surface area contributed by atoms with E-state index in [1.807, 2.05) is 0 Å². The molecule has 140 valence electrons. The Balaban J connectivity index is 1.59. The van der Waals surface area contributed by atoms with Gasteiger partial charge in [0.2, 0.25) is 17.8 Å². The molecule has 1 aliphatic carbocycles. The van der Waals surface area contributed by atoms with Gasteiger partial charge < -0.3 is 10.2 Å². The lowest BCUT2D eigenvalue weighted by Gasteiger charge is -2.17. The number of aromatic nitrogens is 4. The molecule has 4 heterocycles. The summed E-state index contributed by atoms with van der Waals surface area (Å²) in [5, 5.41) is 10.2. The van der Waals surface area contributed by atoms with Gasteiger partial charge in [-0.1, -0.05) is 6.92 Å². The zero-order valence-electron chi connectivity index (χ0n) is 15.1. The van der Waals surface area contributed by atoms with Crippen molar-refractivity contribution in [3.63, 3.8) is 0 Å². The van der Waals surface area contributed by atoms with E-state index in [2.05, 4.69) is 27.6 Å². The number of rotatable bonds is 4. The fourth-order valence-corrected chi connectivity index (χ4v) is 3.56. The second kappa shape index (κ2) is 6.04. The van der Waals surface area contributed by atoms with Gasteiger partial charge >= 0.3 is 0 Å². The van der Waals surface area contributed by atoms with Gasteiger partial charge in [-0.25, -0.2) is 0 Å². The van der Waals surface area contributed by atoms with Gasteiger partial charge in [0.25, 0.3) is 5.91 Å². The minimum absolute atomic E-state index is 0.0882. The van der Waals surface area contributed by atoms with E-state index >= 15 is 0 Å². The molecular weight excluding hydrogens is 346 g/mol. The molecule has 1 unspecified atom stereocenters. The van der Waals surface area contributed by atoms with Crippen LogP contribution in [0.15, 0.2) is 11.8 Å². The molecule has 0 aromatic carbocycles. The number of anilines is 2. The van der Waals surface area contributed by atoms with Crippen molar-refractivity contribution in [1.82, 2.24) is 24.9 Å². The van der Waals surface area contributed by atoms with E-state index in [-0.39, 0.29) is 18.2 Å². The molecule has 0 bridgehead atoms. The number of fused-ring (bicyclic) bond motifs is 1. The Morgan fingerprint density at radius 2 is 2.11 bits per heavy atom. The molecule has 2 saturated heterocycles. The van der Waals surface area contributed by atoms with Crippen molar-refractivity contribution in [1.29, 1.82) is 0 Å². The van der Waals surface area contributed by atoms with E-state index in [0.717, 1.165) is 32.4 Å². The number of amides is 2. The summed E-state index contributed by atoms with van der Waals surface area (Å²) in [6.45, 7) is 4.09. The van der Waals surface area contributed by atoms with E-state index in [9.17, 15) is 9.59 Å². The standard InChI is InChI=1S/C18H21N7O2/c1-10-4-5-24(9-10)17-22-15-12(6-11-7-14(26)21-16(11)27)8-19-25(15)18(23-17)20-13-2-3-13/h6,8,10,13H,2-5,7,9H2,1H3,(H,20,22,23)(H,21,26,27)/b11-6+. The molecule has 2 aromatic rings. The topological polar surface area (TPSA) is 105 Å². The Bertz CT molecular complexity index is 975. The Labute approximate surface area is 155 Å². The van der Waals surface area contributed by atoms with Crippen LogP contribution in [0.3, 0.4) is 0 Å². The first kappa shape index (κ1) is 16.2. The molecule has 9 nitrogen and oxygen atoms in total. The summed E-state index contributed by atoms with van der Waals surface area (Å²) in [6.07, 6.45) is 6.84. The maximum atomic E-state index is 11.9. The van der Waals surface area contributed by atoms with Crippen molar-refractivity contribution >= 4 is 35.4 Å². The molecule has 0 spiro atoms. The first-order valence-corrected chi connectivity index (χ1v) is 9.39. The lowest BCUT2D eigenvalue weighted by atomic mass is 10.1. The van der Waals surface area contributed by atoms with E-state index < -0.39 is 0 Å². The van der Waals surface area contributed by atoms with Crippen LogP contribution in [0.5, 0.6) is 0 Å². The van der Waals surface area contributed by atoms with Crippen molar-refractivity contribution < 1.29 is 9.59 Å². The van der Waals surface area contributed by atoms with Gasteiger partial charge in [0.1, 0.15) is 0 Å². The van der Waals surface area contributed by atoms with Crippen LogP contribution in [0, 0.1) is 5.92 Å². The number of imide groups is 1. The second-order valence-corrected chi connectivity index (χ2v) is 7.66. The van der Waals surface area contributed by atoms with Gasteiger partial charge in [-0.15, -0.1) is 0 Å². The molecule has 2 N–H and O–H groups in total. The quantitative estimate of drug-likeness (QED) is 0.613. The molecule has 1 atom stereocenters. The summed E-state index contributed by atoms with van der Waals surface area (Å²) in [6, 6.07) is 0.428. The molecule has 3 aliphatic rings. The van der Waals surface area contributed by atoms with Crippen molar-refractivity contribution in [3.05, 3.63) is 17.3 Å². The smallest absolute Gasteiger partial charge is 0.254 e. The highest BCUT2D eigenvalue weighted by molar-refractivity contribution is 6.15. The predicted octanol–water partition coefficient (Wildman–Crippen LogP) is 0.975. The summed E-state index contributed by atoms with van der Waals surface area (Å²) in [5.74, 6) is 1.35. The van der Waals surface area contributed by atoms with E-state index in [0.29, 0.717) is 40.6 Å². The van der Waals surface area contributed by atoms with Crippen LogP contribution < -0.4 is 15.5 Å². The van der Waals surface area contributed by atoms with Crippen LogP contribution in [0.1, 0.15) is 38.2 Å². The molecule has 3 fully saturated rings. The average Bonchev–Trinajstić information content (AvgIpc) is 3.04. The summed E-state index contributed by atoms with van der Waals surface area (Å²) in [7, 11) is 0. The highest BCUT2D eigenvalue weighted by Crippen LogP contribution is 2.28. The van der Waals surface area contributed by atoms with Crippen LogP contribution in [0.2, 0.25) is 0 Å². The molecule has 9 heteroatoms. The fourth-order valence-electron chi connectivity index (χ4n) is 3.56. The second-order valence-electron chi connectivity index (χ2n) is 7.66. The predicted molar refractivity (Wildman–Crippen MR) is 99.2 cm³/mol. The number of nitrogens with zero attached hydrogens (tertiary/aromatic N) is 5. The minimum Gasteiger partial charge on any atom is -0.351 e. The molecule has 1 saturated carbocycles. The Morgan fingerprint density at radius 3 is 2.78 bits per heavy atom. The Morgan fingerprint density at radius 1 is 1.26 bits per heavy atom. The molecule has 5 rings (SSSR count). The molecule has 27 heavy (non-hydrogen) atoms. The minimum atomic E-state index is -0.349. The van der Waals surface area contributed by atoms with Crippen molar-refractivity contribution in [2.24, 2.45) is 5.92 Å². The summed E-state index contributed by atoms with van der Waals surface area (Å²) < 4.78 is 1.68. The Kier molecular flexibility index (Phi) is 3.63. The highest BCUT2D eigenvalue weighted by Gasteiger charge is 2.28. The van der Waals surface area contributed by atoms with Crippen molar-refractivity contribution in [2.75, 3.05) is 23.3 Å². The first-order chi connectivity index (χ1) is 13.1. The zero-order chi connectivity index (χ0) is 18.5. The SMILES string of the molecule is CC1CCN(c2nc(NC3CC3)n3ncc(/C=C4\CC(=O)NC4=O)c3n2)C1. The number of hydrogen-bond donors (Lipinski definition) is 2. The van der Waals surface area contributed by atoms with Crippen molar-refractivity contribution in [2.45, 2.75) is 38.6 Å². The van der Waals surface area contributed by atoms with E-state index in [4.69, 9.17) is 9.97 Å². The lowest BCUT2D eigenvalue weighted by Crippen LogP contribution is -2.23. The van der Waals surface area contributed by atoms with Gasteiger partial charge in [-0.2, -0.15) is 19.6 Å². The third kappa shape index (κ3) is 3.02. The van der Waals surface area contributed by atoms with Gasteiger partial charge in [0.05, 0.1) is 12.6 Å². The monoisotopic (exact) mass is 367 g/mol. The van der Waals surface area contributed by atoms with E-state index in [1.54, 1.807) is 16.8 Å². The number of carbonyl (C=O) groups excluding carboxylic acids is 2. The highest BCUT2D eigenvalue weighted by atomic mass is 16.2. The summed E-state index contributed by atoms with van der Waals surface area (Å²) in [5.41, 5.74) is 1.79. The maximum Gasteiger partial charge on any atom is 0.254 e. The summed E-state index contributed by atoms with van der Waals surface area (Å²) >= 11 is 0. The molecule has 2 aliphatic heterocycles. The number of hydrogen-bond acceptors (Lipinski definition) is 7. The average molecular weight is 367 g/mol. The molecule has 0 radical (unpaired) electrons. The van der Waals surface area contributed by atoms with Gasteiger partial charge in [-0.3, -0.25) is 14.9 Å². The third-order valence-corrected chi connectivity index (χ3v) is 5.23. The van der Waals surface area contributed by atoms with Crippen LogP contribution in [0.4, 0.5) is 11.9 Å². The third-order valence-electron chi connectivity index (χ3n) is 5.23. The molecule has 2 aromatic heterocycles. The van der Waals surface area contributed by atoms with Crippen LogP contribution in [0.25, 0.3) is 11.7 Å². The fraction of sp³-hybridized carbons (Fsp3) is 0.500. The summed E-state index contributed by atoms with van der Waals surface area (Å²) in [4.78, 5) is 35.0. The van der Waals surface area contributed by atoms with Gasteiger partial charge in [0, 0.05) is 30.3 Å². The first-order valence-electron chi connectivity index (χ1n) is 9.39. The normalized spacial score (nSPS) is 24.3. The van der Waals surface area contributed by atoms with Crippen LogP contribution >= 0.6 is 0 Å². The van der Waals surface area contributed by atoms with Gasteiger partial charge in [0.15, 0.2) is 5.65 Å². The lowest BCUT2D eigenvalue weighted by molar-refractivity contribution is -0.124. The van der Waals surface area contributed by atoms with Crippen LogP contribution in [-0.2, 0) is 9.59 Å². The maximum absolute atomic E-state index is 11.9.